The number of ether oxygens (including phenoxy) is 2. The van der Waals surface area contributed by atoms with E-state index in [0.717, 1.165) is 6.07 Å². The summed E-state index contributed by atoms with van der Waals surface area (Å²) in [6.45, 7) is 5.31. The molecule has 1 atom stereocenters. The molecular formula is C32H31FN4O5S. The summed E-state index contributed by atoms with van der Waals surface area (Å²) in [6, 6.07) is 21.3. The summed E-state index contributed by atoms with van der Waals surface area (Å²) in [6.07, 6.45) is 0.104. The molecule has 11 heteroatoms. The fourth-order valence-electron chi connectivity index (χ4n) is 5.30. The minimum Gasteiger partial charge on any atom is -0.410 e. The Morgan fingerprint density at radius 1 is 1.05 bits per heavy atom. The van der Waals surface area contributed by atoms with Gasteiger partial charge in [-0.25, -0.2) is 27.6 Å². The minimum absolute atomic E-state index is 0.0174. The quantitative estimate of drug-likeness (QED) is 0.279. The second-order valence-corrected chi connectivity index (χ2v) is 13.1. The Balaban J connectivity index is 1.35. The first kappa shape index (κ1) is 28.8. The average Bonchev–Trinajstić information content (AvgIpc) is 3.82. The Labute approximate surface area is 249 Å². The van der Waals surface area contributed by atoms with Crippen molar-refractivity contribution >= 4 is 27.4 Å². The number of aromatic nitrogens is 2. The third kappa shape index (κ3) is 5.70. The molecule has 222 valence electrons. The average molecular weight is 603 g/mol. The van der Waals surface area contributed by atoms with Gasteiger partial charge in [0.15, 0.2) is 15.7 Å². The number of amides is 1. The Morgan fingerprint density at radius 2 is 1.79 bits per heavy atom. The van der Waals surface area contributed by atoms with Gasteiger partial charge in [0.25, 0.3) is 0 Å². The summed E-state index contributed by atoms with van der Waals surface area (Å²) < 4.78 is 51.9. The molecule has 6 rings (SSSR count). The summed E-state index contributed by atoms with van der Waals surface area (Å²) in [5.41, 5.74) is 2.01. The smallest absolute Gasteiger partial charge is 0.410 e. The predicted molar refractivity (Wildman–Crippen MR) is 160 cm³/mol. The summed E-state index contributed by atoms with van der Waals surface area (Å²) in [5, 5.41) is 2.70. The molecule has 1 N–H and O–H groups in total. The largest absolute Gasteiger partial charge is 0.417 e. The molecule has 0 radical (unpaired) electrons. The fraction of sp³-hybridized carbons (Fsp3) is 0.281. The number of rotatable bonds is 7. The maximum Gasteiger partial charge on any atom is 0.417 e. The molecule has 1 amide bonds. The normalized spacial score (nSPS) is 17.7. The first-order valence-corrected chi connectivity index (χ1v) is 15.5. The van der Waals surface area contributed by atoms with Crippen LogP contribution in [0.5, 0.6) is 5.75 Å². The van der Waals surface area contributed by atoms with E-state index in [1.807, 2.05) is 13.0 Å². The van der Waals surface area contributed by atoms with E-state index in [2.05, 4.69) is 10.2 Å². The SMILES string of the molecule is Cc1ccc(F)cc1S(=O)(=O)C1(c2cc(N3CCOC[C@@H]3C)nc(-c3ccc(NC(=O)Oc4ccccc4)cc3)n2)CC1. The number of halogens is 1. The minimum atomic E-state index is -3.97. The van der Waals surface area contributed by atoms with Gasteiger partial charge in [0, 0.05) is 23.9 Å². The van der Waals surface area contributed by atoms with Crippen molar-refractivity contribution in [3.8, 4) is 17.1 Å². The second kappa shape index (κ2) is 11.4. The number of morpholine rings is 1. The number of nitrogens with zero attached hydrogens (tertiary/aromatic N) is 3. The van der Waals surface area contributed by atoms with Crippen LogP contribution in [0.4, 0.5) is 20.7 Å². The molecule has 43 heavy (non-hydrogen) atoms. The molecule has 9 nitrogen and oxygen atoms in total. The van der Waals surface area contributed by atoms with Crippen LogP contribution in [-0.4, -0.2) is 50.3 Å². The molecule has 2 fully saturated rings. The van der Waals surface area contributed by atoms with E-state index in [4.69, 9.17) is 19.4 Å². The van der Waals surface area contributed by atoms with E-state index in [1.54, 1.807) is 61.5 Å². The number of aryl methyl sites for hydroxylation is 1. The molecule has 1 aliphatic carbocycles. The van der Waals surface area contributed by atoms with Gasteiger partial charge in [0.05, 0.1) is 29.8 Å². The number of carbonyl (C=O) groups is 1. The van der Waals surface area contributed by atoms with Crippen molar-refractivity contribution in [3.63, 3.8) is 0 Å². The number of sulfone groups is 1. The van der Waals surface area contributed by atoms with Crippen molar-refractivity contribution in [2.75, 3.05) is 30.0 Å². The van der Waals surface area contributed by atoms with Gasteiger partial charge in [-0.15, -0.1) is 0 Å². The topological polar surface area (TPSA) is 111 Å². The lowest BCUT2D eigenvalue weighted by atomic mass is 10.1. The molecule has 1 aliphatic heterocycles. The molecule has 3 aromatic carbocycles. The molecule has 0 unspecified atom stereocenters. The van der Waals surface area contributed by atoms with Gasteiger partial charge < -0.3 is 14.4 Å². The maximum absolute atomic E-state index is 14.2. The van der Waals surface area contributed by atoms with Crippen LogP contribution >= 0.6 is 0 Å². The summed E-state index contributed by atoms with van der Waals surface area (Å²) >= 11 is 0. The van der Waals surface area contributed by atoms with Gasteiger partial charge in [-0.2, -0.15) is 0 Å². The zero-order chi connectivity index (χ0) is 30.2. The Hall–Kier alpha value is -4.35. The fourth-order valence-corrected chi connectivity index (χ4v) is 7.50. The van der Waals surface area contributed by atoms with Crippen molar-refractivity contribution in [1.29, 1.82) is 0 Å². The van der Waals surface area contributed by atoms with Crippen molar-refractivity contribution in [1.82, 2.24) is 9.97 Å². The number of anilines is 2. The zero-order valence-electron chi connectivity index (χ0n) is 23.8. The van der Waals surface area contributed by atoms with Gasteiger partial charge in [0.1, 0.15) is 22.1 Å². The number of carbonyl (C=O) groups excluding carboxylic acids is 1. The van der Waals surface area contributed by atoms with Gasteiger partial charge >= 0.3 is 6.09 Å². The number of nitrogens with one attached hydrogen (secondary N) is 1. The molecule has 1 saturated carbocycles. The molecular weight excluding hydrogens is 571 g/mol. The van der Waals surface area contributed by atoms with Crippen LogP contribution < -0.4 is 15.0 Å². The van der Waals surface area contributed by atoms with Crippen LogP contribution in [0.1, 0.15) is 31.0 Å². The monoisotopic (exact) mass is 602 g/mol. The summed E-state index contributed by atoms with van der Waals surface area (Å²) in [5.74, 6) is 0.764. The molecule has 2 heterocycles. The van der Waals surface area contributed by atoms with Crippen LogP contribution in [0.15, 0.2) is 83.8 Å². The number of hydrogen-bond acceptors (Lipinski definition) is 8. The summed E-state index contributed by atoms with van der Waals surface area (Å²) in [7, 11) is -3.97. The highest BCUT2D eigenvalue weighted by Gasteiger charge is 2.58. The van der Waals surface area contributed by atoms with Crippen molar-refractivity contribution in [2.45, 2.75) is 42.4 Å². The van der Waals surface area contributed by atoms with Crippen LogP contribution in [0.25, 0.3) is 11.4 Å². The third-order valence-electron chi connectivity index (χ3n) is 7.84. The highest BCUT2D eigenvalue weighted by molar-refractivity contribution is 7.92. The highest BCUT2D eigenvalue weighted by Crippen LogP contribution is 2.55. The molecule has 0 spiro atoms. The van der Waals surface area contributed by atoms with Gasteiger partial charge in [-0.1, -0.05) is 24.3 Å². The first-order valence-electron chi connectivity index (χ1n) is 14.1. The van der Waals surface area contributed by atoms with Crippen molar-refractivity contribution < 1.29 is 27.1 Å². The van der Waals surface area contributed by atoms with Crippen LogP contribution in [-0.2, 0) is 19.3 Å². The molecule has 1 saturated heterocycles. The Bertz CT molecular complexity index is 1760. The first-order chi connectivity index (χ1) is 20.7. The second-order valence-electron chi connectivity index (χ2n) is 10.9. The van der Waals surface area contributed by atoms with E-state index in [9.17, 15) is 17.6 Å². The van der Waals surface area contributed by atoms with E-state index in [-0.39, 0.29) is 10.9 Å². The number of para-hydroxylation sites is 1. The highest BCUT2D eigenvalue weighted by atomic mass is 32.2. The van der Waals surface area contributed by atoms with Gasteiger partial charge in [-0.05, 0) is 80.8 Å². The molecule has 0 bridgehead atoms. The van der Waals surface area contributed by atoms with Crippen LogP contribution in [0, 0.1) is 12.7 Å². The Kier molecular flexibility index (Phi) is 7.61. The van der Waals surface area contributed by atoms with Gasteiger partial charge in [0.2, 0.25) is 0 Å². The van der Waals surface area contributed by atoms with Crippen LogP contribution in [0.3, 0.4) is 0 Å². The van der Waals surface area contributed by atoms with E-state index < -0.39 is 26.5 Å². The lowest BCUT2D eigenvalue weighted by Crippen LogP contribution is -2.44. The van der Waals surface area contributed by atoms with Crippen molar-refractivity contribution in [3.05, 3.63) is 95.9 Å². The maximum atomic E-state index is 14.2. The zero-order valence-corrected chi connectivity index (χ0v) is 24.6. The summed E-state index contributed by atoms with van der Waals surface area (Å²) in [4.78, 5) is 24.1. The van der Waals surface area contributed by atoms with E-state index in [0.29, 0.717) is 72.5 Å². The lowest BCUT2D eigenvalue weighted by Gasteiger charge is -2.34. The lowest BCUT2D eigenvalue weighted by molar-refractivity contribution is 0.0985. The number of benzene rings is 3. The van der Waals surface area contributed by atoms with Gasteiger partial charge in [-0.3, -0.25) is 5.32 Å². The molecule has 2 aliphatic rings. The molecule has 4 aromatic rings. The van der Waals surface area contributed by atoms with E-state index in [1.165, 1.54) is 12.1 Å². The predicted octanol–water partition coefficient (Wildman–Crippen LogP) is 5.89. The molecule has 1 aromatic heterocycles. The van der Waals surface area contributed by atoms with E-state index >= 15 is 0 Å². The van der Waals surface area contributed by atoms with Crippen LogP contribution in [0.2, 0.25) is 0 Å². The third-order valence-corrected chi connectivity index (χ3v) is 10.5. The Morgan fingerprint density at radius 3 is 2.49 bits per heavy atom. The standard InChI is InChI=1S/C32H31FN4O5S/c1-21-8-11-24(33)18-27(21)43(39,40)32(14-15-32)28-19-29(37-16-17-41-20-22(37)2)36-30(35-28)23-9-12-25(13-10-23)34-31(38)42-26-6-4-3-5-7-26/h3-13,18-19,22H,14-17,20H2,1-2H3,(H,34,38)/t22-/m0/s1. The number of hydrogen-bond donors (Lipinski definition) is 1. The van der Waals surface area contributed by atoms with Crippen molar-refractivity contribution in [2.24, 2.45) is 0 Å².